The maximum Gasteiger partial charge on any atom is 0.248 e. The van der Waals surface area contributed by atoms with E-state index in [1.165, 1.54) is 6.08 Å². The minimum atomic E-state index is -0.488. The minimum Gasteiger partial charge on any atom is -0.439 e. The van der Waals surface area contributed by atoms with Crippen LogP contribution in [0.1, 0.15) is 22.3 Å². The number of rotatable bonds is 4. The lowest BCUT2D eigenvalue weighted by atomic mass is 10.1. The van der Waals surface area contributed by atoms with Crippen LogP contribution in [-0.4, -0.2) is 34.1 Å². The normalized spacial score (nSPS) is 17.1. The highest BCUT2D eigenvalue weighted by Crippen LogP contribution is 2.34. The summed E-state index contributed by atoms with van der Waals surface area (Å²) in [6, 6.07) is 10.2. The second kappa shape index (κ2) is 7.00. The average molecular weight is 399 g/mol. The van der Waals surface area contributed by atoms with E-state index in [2.05, 4.69) is 20.2 Å². The van der Waals surface area contributed by atoms with Crippen LogP contribution in [0.4, 0.5) is 0 Å². The summed E-state index contributed by atoms with van der Waals surface area (Å²) in [5.74, 6) is 1.14. The summed E-state index contributed by atoms with van der Waals surface area (Å²) < 4.78 is 5.74. The number of ether oxygens (including phenoxy) is 1. The van der Waals surface area contributed by atoms with E-state index < -0.39 is 5.91 Å². The van der Waals surface area contributed by atoms with Gasteiger partial charge in [-0.2, -0.15) is 0 Å². The molecule has 0 spiro atoms. The standard InChI is InChI=1S/C22H17N5O3/c23-21(29)13-1-5-16(6-2-13)30-19-8-4-15(12-24-19)22-25-11-14-3-7-18(28)26-17-9-10-27(22)20(14)17/h1-8,11-12H,9-10H2,(H2,23,29)(H,26,28). The summed E-state index contributed by atoms with van der Waals surface area (Å²) in [7, 11) is 0. The Morgan fingerprint density at radius 1 is 1.13 bits per heavy atom. The number of aliphatic imine (C=N–C) groups is 1. The number of primary amides is 1. The largest absolute Gasteiger partial charge is 0.439 e. The van der Waals surface area contributed by atoms with Gasteiger partial charge in [0.15, 0.2) is 0 Å². The number of allylic oxidation sites excluding steroid dienone is 1. The number of pyridine rings is 1. The molecule has 0 unspecified atom stereocenters. The highest BCUT2D eigenvalue weighted by Gasteiger charge is 2.32. The summed E-state index contributed by atoms with van der Waals surface area (Å²) in [5, 5.41) is 2.94. The molecule has 0 saturated heterocycles. The zero-order valence-corrected chi connectivity index (χ0v) is 15.8. The first-order chi connectivity index (χ1) is 14.6. The van der Waals surface area contributed by atoms with E-state index in [-0.39, 0.29) is 5.91 Å². The van der Waals surface area contributed by atoms with Gasteiger partial charge in [0.25, 0.3) is 0 Å². The van der Waals surface area contributed by atoms with Crippen molar-refractivity contribution in [2.24, 2.45) is 10.7 Å². The first-order valence-corrected chi connectivity index (χ1v) is 9.41. The molecule has 3 aliphatic rings. The maximum absolute atomic E-state index is 11.8. The van der Waals surface area contributed by atoms with Crippen molar-refractivity contribution in [3.63, 3.8) is 0 Å². The number of hydrogen-bond acceptors (Lipinski definition) is 6. The van der Waals surface area contributed by atoms with Gasteiger partial charge in [-0.3, -0.25) is 9.59 Å². The van der Waals surface area contributed by atoms with Crippen LogP contribution in [0.25, 0.3) is 0 Å². The molecule has 30 heavy (non-hydrogen) atoms. The van der Waals surface area contributed by atoms with Crippen LogP contribution in [0.5, 0.6) is 11.6 Å². The van der Waals surface area contributed by atoms with Crippen LogP contribution in [-0.2, 0) is 4.79 Å². The van der Waals surface area contributed by atoms with Gasteiger partial charge in [0.05, 0.1) is 5.70 Å². The second-order valence-electron chi connectivity index (χ2n) is 6.96. The molecule has 3 N–H and O–H groups in total. The Morgan fingerprint density at radius 3 is 2.70 bits per heavy atom. The van der Waals surface area contributed by atoms with Crippen molar-refractivity contribution in [3.8, 4) is 11.6 Å². The highest BCUT2D eigenvalue weighted by atomic mass is 16.5. The van der Waals surface area contributed by atoms with Gasteiger partial charge in [0.2, 0.25) is 17.7 Å². The van der Waals surface area contributed by atoms with Crippen molar-refractivity contribution < 1.29 is 14.3 Å². The van der Waals surface area contributed by atoms with E-state index in [1.807, 2.05) is 6.07 Å². The Hall–Kier alpha value is -4.20. The molecule has 1 aromatic carbocycles. The molecule has 5 rings (SSSR count). The second-order valence-corrected chi connectivity index (χ2v) is 6.96. The van der Waals surface area contributed by atoms with Gasteiger partial charge in [0, 0.05) is 59.9 Å². The quantitative estimate of drug-likeness (QED) is 0.819. The van der Waals surface area contributed by atoms with Crippen LogP contribution < -0.4 is 15.8 Å². The molecular formula is C22H17N5O3. The van der Waals surface area contributed by atoms with Crippen LogP contribution in [0, 0.1) is 0 Å². The molecule has 0 radical (unpaired) electrons. The molecule has 0 saturated carbocycles. The number of carbonyl (C=O) groups is 2. The fraction of sp³-hybridized carbons (Fsp3) is 0.0909. The van der Waals surface area contributed by atoms with Gasteiger partial charge in [-0.15, -0.1) is 0 Å². The Labute approximate surface area is 172 Å². The SMILES string of the molecule is NC(=O)c1ccc(Oc2ccc(C3=NC=C4C=CC(=O)NC5=C4N3CC5)cn2)cc1. The van der Waals surface area contributed by atoms with Crippen molar-refractivity contribution in [2.45, 2.75) is 6.42 Å². The first-order valence-electron chi connectivity index (χ1n) is 9.41. The molecule has 2 aromatic rings. The molecular weight excluding hydrogens is 382 g/mol. The number of nitrogens with zero attached hydrogens (tertiary/aromatic N) is 3. The van der Waals surface area contributed by atoms with E-state index >= 15 is 0 Å². The van der Waals surface area contributed by atoms with E-state index in [0.29, 0.717) is 17.2 Å². The first kappa shape index (κ1) is 17.9. The number of nitrogens with two attached hydrogens (primary N) is 1. The number of amidine groups is 1. The summed E-state index contributed by atoms with van der Waals surface area (Å²) in [4.78, 5) is 34.1. The molecule has 8 nitrogen and oxygen atoms in total. The Morgan fingerprint density at radius 2 is 1.97 bits per heavy atom. The maximum atomic E-state index is 11.8. The third-order valence-electron chi connectivity index (χ3n) is 5.04. The number of amides is 2. The molecule has 0 atom stereocenters. The van der Waals surface area contributed by atoms with E-state index in [0.717, 1.165) is 41.3 Å². The Balaban J connectivity index is 1.38. The molecule has 4 heterocycles. The van der Waals surface area contributed by atoms with Gasteiger partial charge in [0.1, 0.15) is 11.6 Å². The molecule has 8 heteroatoms. The molecule has 0 aliphatic carbocycles. The third kappa shape index (κ3) is 3.14. The summed E-state index contributed by atoms with van der Waals surface area (Å²) in [6.07, 6.45) is 7.53. The van der Waals surface area contributed by atoms with E-state index in [9.17, 15) is 9.59 Å². The zero-order valence-electron chi connectivity index (χ0n) is 15.8. The van der Waals surface area contributed by atoms with Gasteiger partial charge in [-0.25, -0.2) is 9.98 Å². The van der Waals surface area contributed by atoms with Crippen LogP contribution >= 0.6 is 0 Å². The minimum absolute atomic E-state index is 0.122. The van der Waals surface area contributed by atoms with Crippen molar-refractivity contribution in [2.75, 3.05) is 6.54 Å². The van der Waals surface area contributed by atoms with Crippen molar-refractivity contribution in [1.82, 2.24) is 15.2 Å². The average Bonchev–Trinajstić information content (AvgIpc) is 3.09. The van der Waals surface area contributed by atoms with E-state index in [4.69, 9.17) is 10.5 Å². The summed E-state index contributed by atoms with van der Waals surface area (Å²) >= 11 is 0. The number of aromatic nitrogens is 1. The zero-order chi connectivity index (χ0) is 20.7. The van der Waals surface area contributed by atoms with Crippen LogP contribution in [0.3, 0.4) is 0 Å². The summed E-state index contributed by atoms with van der Waals surface area (Å²) in [5.41, 5.74) is 9.31. The van der Waals surface area contributed by atoms with Crippen molar-refractivity contribution in [1.29, 1.82) is 0 Å². The molecule has 1 aromatic heterocycles. The predicted octanol–water partition coefficient (Wildman–Crippen LogP) is 2.22. The van der Waals surface area contributed by atoms with Crippen molar-refractivity contribution in [3.05, 3.63) is 89.0 Å². The Bertz CT molecular complexity index is 1170. The molecule has 0 fully saturated rings. The molecule has 3 aliphatic heterocycles. The summed E-state index contributed by atoms with van der Waals surface area (Å²) in [6.45, 7) is 0.736. The van der Waals surface area contributed by atoms with E-state index in [1.54, 1.807) is 48.8 Å². The molecule has 0 bridgehead atoms. The lowest BCUT2D eigenvalue weighted by Gasteiger charge is -2.27. The number of hydrogen-bond donors (Lipinski definition) is 2. The van der Waals surface area contributed by atoms with Crippen molar-refractivity contribution >= 4 is 17.6 Å². The number of nitrogens with one attached hydrogen (secondary N) is 1. The smallest absolute Gasteiger partial charge is 0.248 e. The molecule has 148 valence electrons. The van der Waals surface area contributed by atoms with Crippen LogP contribution in [0.15, 0.2) is 82.9 Å². The fourth-order valence-electron chi connectivity index (χ4n) is 3.63. The molecule has 2 amide bonds. The lowest BCUT2D eigenvalue weighted by molar-refractivity contribution is -0.115. The lowest BCUT2D eigenvalue weighted by Crippen LogP contribution is -2.31. The Kier molecular flexibility index (Phi) is 4.17. The third-order valence-corrected chi connectivity index (χ3v) is 5.04. The van der Waals surface area contributed by atoms with Crippen LogP contribution in [0.2, 0.25) is 0 Å². The van der Waals surface area contributed by atoms with Gasteiger partial charge in [-0.05, 0) is 36.4 Å². The topological polar surface area (TPSA) is 110 Å². The van der Waals surface area contributed by atoms with Gasteiger partial charge >= 0.3 is 0 Å². The number of benzene rings is 1. The van der Waals surface area contributed by atoms with Gasteiger partial charge < -0.3 is 20.7 Å². The predicted molar refractivity (Wildman–Crippen MR) is 110 cm³/mol. The van der Waals surface area contributed by atoms with Gasteiger partial charge in [-0.1, -0.05) is 0 Å². The number of carbonyl (C=O) groups excluding carboxylic acids is 2. The highest BCUT2D eigenvalue weighted by molar-refractivity contribution is 6.02. The monoisotopic (exact) mass is 399 g/mol. The fourth-order valence-corrected chi connectivity index (χ4v) is 3.63.